The Labute approximate surface area is 108 Å². The van der Waals surface area contributed by atoms with Crippen molar-refractivity contribution in [2.45, 2.75) is 32.8 Å². The van der Waals surface area contributed by atoms with Crippen molar-refractivity contribution in [3.8, 4) is 6.07 Å². The predicted molar refractivity (Wildman–Crippen MR) is 68.9 cm³/mol. The molecule has 96 valence electrons. The molecule has 0 aliphatic rings. The molecule has 0 saturated carbocycles. The molecule has 0 saturated heterocycles. The Kier molecular flexibility index (Phi) is 4.73. The van der Waals surface area contributed by atoms with E-state index >= 15 is 0 Å². The number of nitrogens with one attached hydrogen (secondary N) is 1. The molecule has 0 heterocycles. The average molecular weight is 246 g/mol. The summed E-state index contributed by atoms with van der Waals surface area (Å²) in [5.41, 5.74) is 2.28. The topological polar surface area (TPSA) is 62.1 Å². The molecule has 0 bridgehead atoms. The molecule has 1 aromatic rings. The summed E-state index contributed by atoms with van der Waals surface area (Å²) >= 11 is 0. The summed E-state index contributed by atoms with van der Waals surface area (Å²) in [5, 5.41) is 10.6. The summed E-state index contributed by atoms with van der Waals surface area (Å²) in [4.78, 5) is 11.1. The van der Waals surface area contributed by atoms with E-state index in [1.54, 1.807) is 0 Å². The summed E-state index contributed by atoms with van der Waals surface area (Å²) in [6, 6.07) is 9.76. The van der Waals surface area contributed by atoms with Crippen molar-refractivity contribution in [2.75, 3.05) is 6.54 Å². The minimum Gasteiger partial charge on any atom is -0.445 e. The third-order valence-electron chi connectivity index (χ3n) is 2.50. The molecule has 18 heavy (non-hydrogen) atoms. The Morgan fingerprint density at radius 1 is 1.33 bits per heavy atom. The van der Waals surface area contributed by atoms with Crippen LogP contribution in [0.3, 0.4) is 0 Å². The molecule has 0 radical (unpaired) electrons. The van der Waals surface area contributed by atoms with Gasteiger partial charge in [0.1, 0.15) is 13.2 Å². The van der Waals surface area contributed by atoms with Crippen LogP contribution in [0.25, 0.3) is 0 Å². The number of benzene rings is 1. The highest BCUT2D eigenvalue weighted by molar-refractivity contribution is 5.67. The van der Waals surface area contributed by atoms with Gasteiger partial charge in [0.25, 0.3) is 0 Å². The minimum absolute atomic E-state index is 0.0399. The highest BCUT2D eigenvalue weighted by Gasteiger charge is 2.12. The number of ether oxygens (including phenoxy) is 1. The van der Waals surface area contributed by atoms with Gasteiger partial charge in [-0.15, -0.1) is 0 Å². The first-order valence-electron chi connectivity index (χ1n) is 5.80. The Morgan fingerprint density at radius 2 is 1.94 bits per heavy atom. The van der Waals surface area contributed by atoms with Crippen LogP contribution >= 0.6 is 0 Å². The molecule has 0 fully saturated rings. The Hall–Kier alpha value is -2.02. The van der Waals surface area contributed by atoms with Gasteiger partial charge in [0.2, 0.25) is 0 Å². The van der Waals surface area contributed by atoms with Crippen LogP contribution in [0, 0.1) is 11.3 Å². The van der Waals surface area contributed by atoms with E-state index in [1.165, 1.54) is 5.56 Å². The molecule has 1 N–H and O–H groups in total. The maximum absolute atomic E-state index is 11.1. The van der Waals surface area contributed by atoms with Crippen LogP contribution < -0.4 is 5.32 Å². The smallest absolute Gasteiger partial charge is 0.408 e. The van der Waals surface area contributed by atoms with Crippen molar-refractivity contribution in [1.82, 2.24) is 5.32 Å². The SMILES string of the molecule is CC(C)(C)c1ccc(COC(=O)NCC#N)cc1. The normalized spacial score (nSPS) is 10.6. The number of nitriles is 1. The number of nitrogens with zero attached hydrogens (tertiary/aromatic N) is 1. The largest absolute Gasteiger partial charge is 0.445 e. The van der Waals surface area contributed by atoms with Gasteiger partial charge in [-0.05, 0) is 16.5 Å². The number of alkyl carbamates (subject to hydrolysis) is 1. The van der Waals surface area contributed by atoms with Gasteiger partial charge >= 0.3 is 6.09 Å². The molecule has 0 aromatic heterocycles. The number of rotatable bonds is 3. The van der Waals surface area contributed by atoms with Crippen molar-refractivity contribution in [3.63, 3.8) is 0 Å². The molecule has 1 rings (SSSR count). The first-order chi connectivity index (χ1) is 8.43. The van der Waals surface area contributed by atoms with E-state index in [-0.39, 0.29) is 18.6 Å². The van der Waals surface area contributed by atoms with E-state index in [1.807, 2.05) is 30.3 Å². The second-order valence-corrected chi connectivity index (χ2v) is 5.03. The Bertz CT molecular complexity index is 438. The number of hydrogen-bond acceptors (Lipinski definition) is 3. The van der Waals surface area contributed by atoms with Gasteiger partial charge in [-0.25, -0.2) is 4.79 Å². The van der Waals surface area contributed by atoms with E-state index in [0.29, 0.717) is 0 Å². The summed E-state index contributed by atoms with van der Waals surface area (Å²) in [5.74, 6) is 0. The van der Waals surface area contributed by atoms with E-state index in [9.17, 15) is 4.79 Å². The molecule has 0 aliphatic heterocycles. The lowest BCUT2D eigenvalue weighted by Crippen LogP contribution is -2.24. The lowest BCUT2D eigenvalue weighted by molar-refractivity contribution is 0.141. The first-order valence-corrected chi connectivity index (χ1v) is 5.80. The summed E-state index contributed by atoms with van der Waals surface area (Å²) in [7, 11) is 0. The number of amides is 1. The number of carbonyl (C=O) groups is 1. The van der Waals surface area contributed by atoms with Crippen molar-refractivity contribution in [1.29, 1.82) is 5.26 Å². The van der Waals surface area contributed by atoms with E-state index in [0.717, 1.165) is 5.56 Å². The van der Waals surface area contributed by atoms with Crippen molar-refractivity contribution in [2.24, 2.45) is 0 Å². The van der Waals surface area contributed by atoms with Crippen LogP contribution in [-0.2, 0) is 16.8 Å². The molecule has 4 nitrogen and oxygen atoms in total. The van der Waals surface area contributed by atoms with Crippen LogP contribution in [0.4, 0.5) is 4.79 Å². The first kappa shape index (κ1) is 14.0. The predicted octanol–water partition coefficient (Wildman–Crippen LogP) is 2.73. The van der Waals surface area contributed by atoms with E-state index in [2.05, 4.69) is 26.1 Å². The molecule has 0 spiro atoms. The summed E-state index contributed by atoms with van der Waals surface area (Å²) in [6.45, 7) is 6.61. The highest BCUT2D eigenvalue weighted by Crippen LogP contribution is 2.22. The van der Waals surface area contributed by atoms with Gasteiger partial charge < -0.3 is 10.1 Å². The zero-order valence-electron chi connectivity index (χ0n) is 11.0. The molecule has 0 unspecified atom stereocenters. The van der Waals surface area contributed by atoms with Gasteiger partial charge in [0, 0.05) is 0 Å². The van der Waals surface area contributed by atoms with Crippen LogP contribution in [0.15, 0.2) is 24.3 Å². The van der Waals surface area contributed by atoms with Gasteiger partial charge in [-0.3, -0.25) is 0 Å². The number of hydrogen-bond donors (Lipinski definition) is 1. The van der Waals surface area contributed by atoms with Gasteiger partial charge in [-0.1, -0.05) is 45.0 Å². The molecule has 0 aliphatic carbocycles. The molecule has 1 aromatic carbocycles. The maximum Gasteiger partial charge on any atom is 0.408 e. The summed E-state index contributed by atoms with van der Waals surface area (Å²) < 4.78 is 4.95. The second kappa shape index (κ2) is 6.06. The summed E-state index contributed by atoms with van der Waals surface area (Å²) in [6.07, 6.45) is -0.573. The van der Waals surface area contributed by atoms with E-state index in [4.69, 9.17) is 10.00 Å². The third kappa shape index (κ3) is 4.46. The zero-order valence-corrected chi connectivity index (χ0v) is 11.0. The molecular formula is C14H18N2O2. The highest BCUT2D eigenvalue weighted by atomic mass is 16.5. The quantitative estimate of drug-likeness (QED) is 0.834. The van der Waals surface area contributed by atoms with Gasteiger partial charge in [-0.2, -0.15) is 5.26 Å². The minimum atomic E-state index is -0.573. The lowest BCUT2D eigenvalue weighted by Gasteiger charge is -2.19. The Morgan fingerprint density at radius 3 is 2.44 bits per heavy atom. The molecule has 4 heteroatoms. The lowest BCUT2D eigenvalue weighted by atomic mass is 9.87. The van der Waals surface area contributed by atoms with Crippen LogP contribution in [0.1, 0.15) is 31.9 Å². The second-order valence-electron chi connectivity index (χ2n) is 5.03. The van der Waals surface area contributed by atoms with Gasteiger partial charge in [0.05, 0.1) is 6.07 Å². The molecular weight excluding hydrogens is 228 g/mol. The maximum atomic E-state index is 11.1. The van der Waals surface area contributed by atoms with Crippen LogP contribution in [0.2, 0.25) is 0 Å². The van der Waals surface area contributed by atoms with Gasteiger partial charge in [0.15, 0.2) is 0 Å². The van der Waals surface area contributed by atoms with Crippen molar-refractivity contribution < 1.29 is 9.53 Å². The van der Waals surface area contributed by atoms with Crippen molar-refractivity contribution >= 4 is 6.09 Å². The van der Waals surface area contributed by atoms with Crippen LogP contribution in [0.5, 0.6) is 0 Å². The van der Waals surface area contributed by atoms with Crippen LogP contribution in [-0.4, -0.2) is 12.6 Å². The fraction of sp³-hybridized carbons (Fsp3) is 0.429. The molecule has 0 atom stereocenters. The fourth-order valence-electron chi connectivity index (χ4n) is 1.41. The monoisotopic (exact) mass is 246 g/mol. The molecule has 1 amide bonds. The van der Waals surface area contributed by atoms with E-state index < -0.39 is 6.09 Å². The Balaban J connectivity index is 2.50. The standard InChI is InChI=1S/C14H18N2O2/c1-14(2,3)12-6-4-11(5-7-12)10-18-13(17)16-9-8-15/h4-7H,9-10H2,1-3H3,(H,16,17). The fourth-order valence-corrected chi connectivity index (χ4v) is 1.41. The number of carbonyl (C=O) groups excluding carboxylic acids is 1. The third-order valence-corrected chi connectivity index (χ3v) is 2.50. The van der Waals surface area contributed by atoms with Crippen molar-refractivity contribution in [3.05, 3.63) is 35.4 Å². The average Bonchev–Trinajstić information content (AvgIpc) is 2.33. The zero-order chi connectivity index (χ0) is 13.6.